The van der Waals surface area contributed by atoms with Gasteiger partial charge in [-0.25, -0.2) is 4.98 Å². The summed E-state index contributed by atoms with van der Waals surface area (Å²) in [6.07, 6.45) is 0.228. The van der Waals surface area contributed by atoms with Gasteiger partial charge in [-0.3, -0.25) is 0 Å². The molecule has 0 bridgehead atoms. The van der Waals surface area contributed by atoms with Crippen LogP contribution in [-0.2, 0) is 21.5 Å². The Hall–Kier alpha value is -0.680. The van der Waals surface area contributed by atoms with Crippen molar-refractivity contribution in [2.45, 2.75) is 31.5 Å². The van der Waals surface area contributed by atoms with Gasteiger partial charge in [0.1, 0.15) is 5.15 Å². The van der Waals surface area contributed by atoms with Crippen LogP contribution in [0.3, 0.4) is 0 Å². The number of hydrogen-bond donors (Lipinski definition) is 1. The van der Waals surface area contributed by atoms with E-state index in [0.717, 1.165) is 17.7 Å². The Balaban J connectivity index is 2.41. The molecule has 0 spiro atoms. The van der Waals surface area contributed by atoms with Gasteiger partial charge in [0.05, 0.1) is 30.4 Å². The summed E-state index contributed by atoms with van der Waals surface area (Å²) in [7, 11) is 1.64. The summed E-state index contributed by atoms with van der Waals surface area (Å²) in [5.74, 6) is 0. The molecule has 1 aliphatic rings. The molecule has 0 amide bonds. The molecule has 2 heterocycles. The first-order valence-corrected chi connectivity index (χ1v) is 6.38. The number of nitrogens with zero attached hydrogens (tertiary/aromatic N) is 1. The average Bonchev–Trinajstić information content (AvgIpc) is 2.78. The maximum Gasteiger partial charge on any atom is 0.129 e. The first kappa shape index (κ1) is 13.7. The van der Waals surface area contributed by atoms with Crippen molar-refractivity contribution in [1.29, 1.82) is 0 Å². The van der Waals surface area contributed by atoms with E-state index < -0.39 is 11.5 Å². The van der Waals surface area contributed by atoms with Gasteiger partial charge in [0.15, 0.2) is 0 Å². The molecule has 2 rings (SSSR count). The monoisotopic (exact) mass is 271 g/mol. The van der Waals surface area contributed by atoms with E-state index in [0.29, 0.717) is 25.0 Å². The van der Waals surface area contributed by atoms with Crippen molar-refractivity contribution >= 4 is 11.6 Å². The first-order chi connectivity index (χ1) is 8.58. The molecule has 0 aromatic carbocycles. The molecule has 0 saturated carbocycles. The zero-order chi connectivity index (χ0) is 13.2. The van der Waals surface area contributed by atoms with Crippen LogP contribution in [0, 0.1) is 0 Å². The van der Waals surface area contributed by atoms with E-state index in [2.05, 4.69) is 4.98 Å². The Morgan fingerprint density at radius 3 is 2.94 bits per heavy atom. The quantitative estimate of drug-likeness (QED) is 0.850. The van der Waals surface area contributed by atoms with Gasteiger partial charge in [-0.05, 0) is 31.0 Å². The lowest BCUT2D eigenvalue weighted by Gasteiger charge is -2.30. The van der Waals surface area contributed by atoms with Gasteiger partial charge in [-0.1, -0.05) is 11.6 Å². The summed E-state index contributed by atoms with van der Waals surface area (Å²) >= 11 is 6.04. The Kier molecular flexibility index (Phi) is 4.22. The predicted molar refractivity (Wildman–Crippen MR) is 68.8 cm³/mol. The fourth-order valence-corrected chi connectivity index (χ4v) is 2.61. The van der Waals surface area contributed by atoms with Crippen molar-refractivity contribution in [3.8, 4) is 0 Å². The van der Waals surface area contributed by atoms with Crippen LogP contribution in [0.15, 0.2) is 12.1 Å². The van der Waals surface area contributed by atoms with Gasteiger partial charge in [-0.15, -0.1) is 0 Å². The van der Waals surface area contributed by atoms with Gasteiger partial charge >= 0.3 is 0 Å². The first-order valence-electron chi connectivity index (χ1n) is 6.00. The maximum absolute atomic E-state index is 10.1. The van der Waals surface area contributed by atoms with Crippen molar-refractivity contribution in [3.05, 3.63) is 28.5 Å². The molecule has 1 aliphatic heterocycles. The zero-order valence-electron chi connectivity index (χ0n) is 10.6. The van der Waals surface area contributed by atoms with Gasteiger partial charge < -0.3 is 14.6 Å². The molecule has 2 atom stereocenters. The van der Waals surface area contributed by atoms with Crippen LogP contribution in [0.4, 0.5) is 0 Å². The third-order valence-electron chi connectivity index (χ3n) is 3.53. The molecule has 100 valence electrons. The second-order valence-electron chi connectivity index (χ2n) is 4.75. The molecule has 1 aromatic rings. The number of hydrogen-bond acceptors (Lipinski definition) is 4. The Bertz CT molecular complexity index is 417. The van der Waals surface area contributed by atoms with E-state index in [1.807, 2.05) is 6.07 Å². The molecule has 1 aromatic heterocycles. The smallest absolute Gasteiger partial charge is 0.129 e. The van der Waals surface area contributed by atoms with Crippen molar-refractivity contribution in [1.82, 2.24) is 4.98 Å². The van der Waals surface area contributed by atoms with Crippen LogP contribution in [-0.4, -0.2) is 36.5 Å². The molecular weight excluding hydrogens is 254 g/mol. The summed E-state index contributed by atoms with van der Waals surface area (Å²) in [6.45, 7) is 3.36. The summed E-state index contributed by atoms with van der Waals surface area (Å²) in [5.41, 5.74) is 1.29. The normalized spacial score (nSPS) is 25.3. The molecule has 1 fully saturated rings. The third-order valence-corrected chi connectivity index (χ3v) is 3.72. The van der Waals surface area contributed by atoms with E-state index >= 15 is 0 Å². The number of aliphatic hydroxyl groups is 1. The highest BCUT2D eigenvalue weighted by Gasteiger charge is 2.42. The van der Waals surface area contributed by atoms with Crippen LogP contribution in [0.5, 0.6) is 0 Å². The van der Waals surface area contributed by atoms with Crippen molar-refractivity contribution in [2.24, 2.45) is 0 Å². The number of pyridine rings is 1. The molecule has 5 heteroatoms. The lowest BCUT2D eigenvalue weighted by Crippen LogP contribution is -2.39. The summed E-state index contributed by atoms with van der Waals surface area (Å²) in [5, 5.41) is 10.5. The maximum atomic E-state index is 10.1. The van der Waals surface area contributed by atoms with Crippen LogP contribution < -0.4 is 0 Å². The average molecular weight is 272 g/mol. The van der Waals surface area contributed by atoms with E-state index in [-0.39, 0.29) is 0 Å². The minimum atomic E-state index is -0.527. The zero-order valence-corrected chi connectivity index (χ0v) is 11.4. The highest BCUT2D eigenvalue weighted by molar-refractivity contribution is 6.29. The molecule has 0 unspecified atom stereocenters. The van der Waals surface area contributed by atoms with Crippen LogP contribution in [0.1, 0.15) is 24.6 Å². The number of rotatable bonds is 4. The standard InChI is InChI=1S/C13H18ClNO3/c1-9(16)13(3-4-18-8-13)11-5-10(7-17-2)6-12(14)15-11/h5-6,9,16H,3-4,7-8H2,1-2H3/t9-,13+/m0/s1. The number of methoxy groups -OCH3 is 1. The number of ether oxygens (including phenoxy) is 2. The van der Waals surface area contributed by atoms with Gasteiger partial charge in [0.25, 0.3) is 0 Å². The van der Waals surface area contributed by atoms with Crippen LogP contribution in [0.2, 0.25) is 5.15 Å². The van der Waals surface area contributed by atoms with Gasteiger partial charge in [-0.2, -0.15) is 0 Å². The lowest BCUT2D eigenvalue weighted by molar-refractivity contribution is 0.0763. The largest absolute Gasteiger partial charge is 0.392 e. The minimum Gasteiger partial charge on any atom is -0.392 e. The molecule has 18 heavy (non-hydrogen) atoms. The number of aromatic nitrogens is 1. The van der Waals surface area contributed by atoms with E-state index in [4.69, 9.17) is 21.1 Å². The molecule has 1 N–H and O–H groups in total. The molecule has 0 radical (unpaired) electrons. The Morgan fingerprint density at radius 2 is 2.39 bits per heavy atom. The molecule has 4 nitrogen and oxygen atoms in total. The van der Waals surface area contributed by atoms with Gasteiger partial charge in [0.2, 0.25) is 0 Å². The minimum absolute atomic E-state index is 0.423. The van der Waals surface area contributed by atoms with Gasteiger partial charge in [0, 0.05) is 13.7 Å². The lowest BCUT2D eigenvalue weighted by atomic mass is 9.78. The molecule has 1 saturated heterocycles. The Morgan fingerprint density at radius 1 is 1.61 bits per heavy atom. The second-order valence-corrected chi connectivity index (χ2v) is 5.14. The van der Waals surface area contributed by atoms with Crippen LogP contribution >= 0.6 is 11.6 Å². The number of halogens is 1. The topological polar surface area (TPSA) is 51.6 Å². The third kappa shape index (κ3) is 2.52. The summed E-state index contributed by atoms with van der Waals surface area (Å²) in [4.78, 5) is 4.36. The highest BCUT2D eigenvalue weighted by atomic mass is 35.5. The molecule has 0 aliphatic carbocycles. The number of aliphatic hydroxyl groups excluding tert-OH is 1. The van der Waals surface area contributed by atoms with Crippen molar-refractivity contribution in [2.75, 3.05) is 20.3 Å². The van der Waals surface area contributed by atoms with Crippen LogP contribution in [0.25, 0.3) is 0 Å². The fourth-order valence-electron chi connectivity index (χ4n) is 2.38. The van der Waals surface area contributed by atoms with E-state index in [1.165, 1.54) is 0 Å². The van der Waals surface area contributed by atoms with E-state index in [1.54, 1.807) is 20.1 Å². The fraction of sp³-hybridized carbons (Fsp3) is 0.615. The SMILES string of the molecule is COCc1cc(Cl)nc([C@]2([C@H](C)O)CCOC2)c1. The van der Waals surface area contributed by atoms with E-state index in [9.17, 15) is 5.11 Å². The van der Waals surface area contributed by atoms with Crippen molar-refractivity contribution < 1.29 is 14.6 Å². The second kappa shape index (κ2) is 5.53. The Labute approximate surface area is 112 Å². The highest BCUT2D eigenvalue weighted by Crippen LogP contribution is 2.36. The van der Waals surface area contributed by atoms with Crippen molar-refractivity contribution in [3.63, 3.8) is 0 Å². The summed E-state index contributed by atoms with van der Waals surface area (Å²) in [6, 6.07) is 3.72. The summed E-state index contributed by atoms with van der Waals surface area (Å²) < 4.78 is 10.6. The molecular formula is C13H18ClNO3. The predicted octanol–water partition coefficient (Wildman–Crippen LogP) is 1.92.